The van der Waals surface area contributed by atoms with Crippen molar-refractivity contribution in [1.82, 2.24) is 15.2 Å². The van der Waals surface area contributed by atoms with E-state index in [9.17, 15) is 4.79 Å². The molecule has 0 amide bonds. The van der Waals surface area contributed by atoms with Crippen molar-refractivity contribution in [2.75, 3.05) is 0 Å². The van der Waals surface area contributed by atoms with E-state index in [2.05, 4.69) is 15.2 Å². The van der Waals surface area contributed by atoms with Gasteiger partial charge < -0.3 is 4.42 Å². The number of aldehydes is 1. The highest BCUT2D eigenvalue weighted by atomic mass is 16.4. The maximum absolute atomic E-state index is 10.7. The minimum atomic E-state index is 0.343. The SMILES string of the molecule is O=Cc1cncc(-c2nnc(-c3ccccc3)o2)c1. The summed E-state index contributed by atoms with van der Waals surface area (Å²) in [6, 6.07) is 11.1. The zero-order valence-electron chi connectivity index (χ0n) is 9.85. The average molecular weight is 251 g/mol. The number of hydrogen-bond donors (Lipinski definition) is 0. The molecule has 0 unspecified atom stereocenters. The highest BCUT2D eigenvalue weighted by Crippen LogP contribution is 2.23. The molecule has 0 aliphatic heterocycles. The molecule has 0 N–H and O–H groups in total. The van der Waals surface area contributed by atoms with E-state index in [1.165, 1.54) is 6.20 Å². The van der Waals surface area contributed by atoms with Crippen molar-refractivity contribution in [2.24, 2.45) is 0 Å². The number of rotatable bonds is 3. The molecule has 0 saturated heterocycles. The van der Waals surface area contributed by atoms with E-state index in [0.717, 1.165) is 11.8 Å². The molecule has 0 saturated carbocycles. The Hall–Kier alpha value is -2.82. The summed E-state index contributed by atoms with van der Waals surface area (Å²) in [6.45, 7) is 0. The van der Waals surface area contributed by atoms with E-state index in [0.29, 0.717) is 22.9 Å². The lowest BCUT2D eigenvalue weighted by Gasteiger charge is -1.95. The van der Waals surface area contributed by atoms with Gasteiger partial charge in [-0.3, -0.25) is 9.78 Å². The summed E-state index contributed by atoms with van der Waals surface area (Å²) in [7, 11) is 0. The van der Waals surface area contributed by atoms with Gasteiger partial charge in [0, 0.05) is 23.5 Å². The van der Waals surface area contributed by atoms with Gasteiger partial charge in [0.2, 0.25) is 11.8 Å². The molecule has 3 rings (SSSR count). The maximum Gasteiger partial charge on any atom is 0.249 e. The van der Waals surface area contributed by atoms with Crippen LogP contribution in [0.25, 0.3) is 22.9 Å². The van der Waals surface area contributed by atoms with Gasteiger partial charge in [-0.2, -0.15) is 0 Å². The predicted octanol–water partition coefficient (Wildman–Crippen LogP) is 2.61. The number of aromatic nitrogens is 3. The third-order valence-electron chi connectivity index (χ3n) is 2.59. The normalized spacial score (nSPS) is 10.3. The largest absolute Gasteiger partial charge is 0.416 e. The van der Waals surface area contributed by atoms with Crippen LogP contribution in [0.2, 0.25) is 0 Å². The van der Waals surface area contributed by atoms with Crippen molar-refractivity contribution in [1.29, 1.82) is 0 Å². The van der Waals surface area contributed by atoms with Gasteiger partial charge in [0.1, 0.15) is 0 Å². The van der Waals surface area contributed by atoms with Crippen molar-refractivity contribution in [3.63, 3.8) is 0 Å². The van der Waals surface area contributed by atoms with Crippen LogP contribution in [0.3, 0.4) is 0 Å². The summed E-state index contributed by atoms with van der Waals surface area (Å²) in [5, 5.41) is 7.95. The zero-order chi connectivity index (χ0) is 13.1. The number of pyridine rings is 1. The second-order valence-corrected chi connectivity index (χ2v) is 3.90. The van der Waals surface area contributed by atoms with Crippen molar-refractivity contribution in [3.8, 4) is 22.9 Å². The van der Waals surface area contributed by atoms with Gasteiger partial charge in [-0.05, 0) is 18.2 Å². The van der Waals surface area contributed by atoms with E-state index in [1.807, 2.05) is 30.3 Å². The van der Waals surface area contributed by atoms with Crippen LogP contribution >= 0.6 is 0 Å². The highest BCUT2D eigenvalue weighted by Gasteiger charge is 2.10. The Kier molecular flexibility index (Phi) is 2.86. The molecule has 5 heteroatoms. The van der Waals surface area contributed by atoms with E-state index < -0.39 is 0 Å². The van der Waals surface area contributed by atoms with Crippen molar-refractivity contribution in [2.45, 2.75) is 0 Å². The topological polar surface area (TPSA) is 68.9 Å². The standard InChI is InChI=1S/C14H9N3O2/c18-9-10-6-12(8-15-7-10)14-17-16-13(19-14)11-4-2-1-3-5-11/h1-9H. The summed E-state index contributed by atoms with van der Waals surface area (Å²) in [4.78, 5) is 14.7. The van der Waals surface area contributed by atoms with E-state index in [1.54, 1.807) is 12.3 Å². The molecule has 5 nitrogen and oxygen atoms in total. The molecule has 3 aromatic rings. The molecule has 1 aromatic carbocycles. The lowest BCUT2D eigenvalue weighted by molar-refractivity contribution is 0.112. The Morgan fingerprint density at radius 1 is 0.947 bits per heavy atom. The lowest BCUT2D eigenvalue weighted by atomic mass is 10.2. The molecule has 0 radical (unpaired) electrons. The quantitative estimate of drug-likeness (QED) is 0.669. The van der Waals surface area contributed by atoms with Crippen LogP contribution in [-0.4, -0.2) is 21.5 Å². The first kappa shape index (κ1) is 11.3. The number of benzene rings is 1. The van der Waals surface area contributed by atoms with Crippen LogP contribution < -0.4 is 0 Å². The van der Waals surface area contributed by atoms with Gasteiger partial charge in [0.15, 0.2) is 6.29 Å². The first-order valence-corrected chi connectivity index (χ1v) is 5.66. The smallest absolute Gasteiger partial charge is 0.249 e. The van der Waals surface area contributed by atoms with Crippen LogP contribution in [0.4, 0.5) is 0 Å². The predicted molar refractivity (Wildman–Crippen MR) is 68.4 cm³/mol. The second-order valence-electron chi connectivity index (χ2n) is 3.90. The molecule has 92 valence electrons. The summed E-state index contributed by atoms with van der Waals surface area (Å²) >= 11 is 0. The monoisotopic (exact) mass is 251 g/mol. The fourth-order valence-corrected chi connectivity index (χ4v) is 1.68. The van der Waals surface area contributed by atoms with Crippen LogP contribution in [0, 0.1) is 0 Å². The van der Waals surface area contributed by atoms with Gasteiger partial charge >= 0.3 is 0 Å². The van der Waals surface area contributed by atoms with E-state index in [4.69, 9.17) is 4.42 Å². The first-order valence-electron chi connectivity index (χ1n) is 5.66. The number of nitrogens with zero attached hydrogens (tertiary/aromatic N) is 3. The van der Waals surface area contributed by atoms with Gasteiger partial charge in [-0.1, -0.05) is 18.2 Å². The van der Waals surface area contributed by atoms with Crippen LogP contribution in [0.1, 0.15) is 10.4 Å². The van der Waals surface area contributed by atoms with Crippen molar-refractivity contribution < 1.29 is 9.21 Å². The summed E-state index contributed by atoms with van der Waals surface area (Å²) in [5.74, 6) is 0.780. The fourth-order valence-electron chi connectivity index (χ4n) is 1.68. The minimum absolute atomic E-state index is 0.343. The Labute approximate surface area is 108 Å². The Morgan fingerprint density at radius 3 is 2.42 bits per heavy atom. The molecule has 0 aliphatic carbocycles. The lowest BCUT2D eigenvalue weighted by Crippen LogP contribution is -1.85. The zero-order valence-corrected chi connectivity index (χ0v) is 9.85. The third kappa shape index (κ3) is 2.26. The third-order valence-corrected chi connectivity index (χ3v) is 2.59. The molecule has 0 atom stereocenters. The van der Waals surface area contributed by atoms with Gasteiger partial charge in [-0.15, -0.1) is 10.2 Å². The van der Waals surface area contributed by atoms with Crippen LogP contribution in [-0.2, 0) is 0 Å². The van der Waals surface area contributed by atoms with Crippen LogP contribution in [0.5, 0.6) is 0 Å². The van der Waals surface area contributed by atoms with E-state index >= 15 is 0 Å². The molecule has 0 bridgehead atoms. The van der Waals surface area contributed by atoms with Gasteiger partial charge in [0.25, 0.3) is 0 Å². The van der Waals surface area contributed by atoms with E-state index in [-0.39, 0.29) is 0 Å². The Bertz CT molecular complexity index is 707. The average Bonchev–Trinajstić information content (AvgIpc) is 2.98. The maximum atomic E-state index is 10.7. The molecular weight excluding hydrogens is 242 g/mol. The summed E-state index contributed by atoms with van der Waals surface area (Å²) < 4.78 is 5.58. The van der Waals surface area contributed by atoms with Gasteiger partial charge in [0.05, 0.1) is 5.56 Å². The molecule has 0 aliphatic rings. The van der Waals surface area contributed by atoms with Crippen LogP contribution in [0.15, 0.2) is 53.2 Å². The number of carbonyl (C=O) groups excluding carboxylic acids is 1. The Balaban J connectivity index is 1.99. The number of hydrogen-bond acceptors (Lipinski definition) is 5. The Morgan fingerprint density at radius 2 is 1.68 bits per heavy atom. The molecule has 2 aromatic heterocycles. The minimum Gasteiger partial charge on any atom is -0.416 e. The fraction of sp³-hybridized carbons (Fsp3) is 0. The highest BCUT2D eigenvalue weighted by molar-refractivity contribution is 5.76. The molecule has 2 heterocycles. The summed E-state index contributed by atoms with van der Waals surface area (Å²) in [6.07, 6.45) is 3.78. The van der Waals surface area contributed by atoms with Crippen molar-refractivity contribution >= 4 is 6.29 Å². The number of carbonyl (C=O) groups is 1. The second kappa shape index (κ2) is 4.81. The molecule has 0 fully saturated rings. The molecular formula is C14H9N3O2. The molecule has 0 spiro atoms. The van der Waals surface area contributed by atoms with Gasteiger partial charge in [-0.25, -0.2) is 0 Å². The first-order chi connectivity index (χ1) is 9.36. The molecule has 19 heavy (non-hydrogen) atoms. The summed E-state index contributed by atoms with van der Waals surface area (Å²) in [5.41, 5.74) is 1.94. The van der Waals surface area contributed by atoms with Crippen molar-refractivity contribution in [3.05, 3.63) is 54.4 Å².